The van der Waals surface area contributed by atoms with Crippen LogP contribution in [-0.4, -0.2) is 78.0 Å². The summed E-state index contributed by atoms with van der Waals surface area (Å²) < 4.78 is 5.75. The van der Waals surface area contributed by atoms with E-state index in [-0.39, 0.29) is 43.0 Å². The van der Waals surface area contributed by atoms with Crippen LogP contribution in [0.5, 0.6) is 0 Å². The van der Waals surface area contributed by atoms with Gasteiger partial charge in [0.1, 0.15) is 6.54 Å². The molecule has 0 spiro atoms. The number of rotatable bonds is 8. The molecule has 1 saturated heterocycles. The Morgan fingerprint density at radius 2 is 2.06 bits per heavy atom. The Hall–Kier alpha value is -2.29. The standard InChI is InChI=1S/C25H32Cl2N4O4/c1-4-31-20-13-30(14-21(32)29(11-15(2)3)12-17-6-5-9-35-17)24(33)22(20)23(28-25(31)34)18-8-7-16(26)10-19(18)27/h7-8,10,15,17,23H,4-6,9,11-14H2,1-3H3,(H,28,34)/t17-,23-/m1/s1. The molecule has 2 atom stereocenters. The highest BCUT2D eigenvalue weighted by Gasteiger charge is 2.44. The van der Waals surface area contributed by atoms with Crippen LogP contribution in [0.2, 0.25) is 10.0 Å². The second kappa shape index (κ2) is 10.8. The number of ether oxygens (including phenoxy) is 1. The molecule has 0 aliphatic carbocycles. The van der Waals surface area contributed by atoms with E-state index in [0.717, 1.165) is 19.4 Å². The Morgan fingerprint density at radius 3 is 2.69 bits per heavy atom. The van der Waals surface area contributed by atoms with Gasteiger partial charge in [0.2, 0.25) is 5.91 Å². The molecule has 4 amide bonds. The number of likely N-dealkylation sites (N-methyl/N-ethyl adjacent to an activating group) is 1. The van der Waals surface area contributed by atoms with Gasteiger partial charge in [0.05, 0.1) is 30.0 Å². The van der Waals surface area contributed by atoms with Gasteiger partial charge in [-0.05, 0) is 43.4 Å². The zero-order valence-electron chi connectivity index (χ0n) is 20.4. The molecular weight excluding hydrogens is 491 g/mol. The number of amides is 4. The minimum atomic E-state index is -0.712. The maximum atomic E-state index is 13.6. The van der Waals surface area contributed by atoms with Gasteiger partial charge < -0.3 is 19.9 Å². The van der Waals surface area contributed by atoms with E-state index in [2.05, 4.69) is 19.2 Å². The Labute approximate surface area is 216 Å². The number of nitrogens with one attached hydrogen (secondary N) is 1. The molecule has 1 aromatic rings. The van der Waals surface area contributed by atoms with Crippen molar-refractivity contribution in [3.8, 4) is 0 Å². The monoisotopic (exact) mass is 522 g/mol. The van der Waals surface area contributed by atoms with E-state index in [1.165, 1.54) is 4.90 Å². The normalized spacial score (nSPS) is 22.2. The fourth-order valence-corrected chi connectivity index (χ4v) is 5.51. The van der Waals surface area contributed by atoms with Gasteiger partial charge in [-0.15, -0.1) is 0 Å². The molecule has 0 saturated carbocycles. The molecule has 10 heteroatoms. The first-order valence-corrected chi connectivity index (χ1v) is 12.9. The van der Waals surface area contributed by atoms with Crippen molar-refractivity contribution in [1.29, 1.82) is 0 Å². The van der Waals surface area contributed by atoms with E-state index in [1.54, 1.807) is 28.0 Å². The van der Waals surface area contributed by atoms with Crippen LogP contribution in [-0.2, 0) is 14.3 Å². The number of halogens is 2. The molecule has 3 aliphatic rings. The van der Waals surface area contributed by atoms with Crippen molar-refractivity contribution in [1.82, 2.24) is 20.0 Å². The minimum Gasteiger partial charge on any atom is -0.376 e. The summed E-state index contributed by atoms with van der Waals surface area (Å²) in [6.45, 7) is 8.36. The van der Waals surface area contributed by atoms with Crippen LogP contribution in [0.4, 0.5) is 4.79 Å². The van der Waals surface area contributed by atoms with Crippen LogP contribution in [0.3, 0.4) is 0 Å². The molecule has 0 bridgehead atoms. The molecule has 3 aliphatic heterocycles. The Kier molecular flexibility index (Phi) is 7.93. The van der Waals surface area contributed by atoms with Crippen molar-refractivity contribution in [3.63, 3.8) is 0 Å². The number of nitrogens with zero attached hydrogens (tertiary/aromatic N) is 3. The highest BCUT2D eigenvalue weighted by Crippen LogP contribution is 2.39. The van der Waals surface area contributed by atoms with Gasteiger partial charge in [0.15, 0.2) is 0 Å². The van der Waals surface area contributed by atoms with Crippen LogP contribution in [0.1, 0.15) is 45.2 Å². The van der Waals surface area contributed by atoms with Crippen molar-refractivity contribution < 1.29 is 19.1 Å². The summed E-state index contributed by atoms with van der Waals surface area (Å²) in [7, 11) is 0. The Morgan fingerprint density at radius 1 is 1.29 bits per heavy atom. The van der Waals surface area contributed by atoms with Crippen molar-refractivity contribution in [2.45, 2.75) is 45.8 Å². The zero-order valence-corrected chi connectivity index (χ0v) is 21.9. The summed E-state index contributed by atoms with van der Waals surface area (Å²) in [6.07, 6.45) is 1.97. The first kappa shape index (κ1) is 25.8. The maximum absolute atomic E-state index is 13.6. The zero-order chi connectivity index (χ0) is 25.3. The summed E-state index contributed by atoms with van der Waals surface area (Å²) in [5.74, 6) is -0.106. The van der Waals surface area contributed by atoms with E-state index in [9.17, 15) is 14.4 Å². The quantitative estimate of drug-likeness (QED) is 0.562. The average molecular weight is 523 g/mol. The first-order valence-electron chi connectivity index (χ1n) is 12.1. The second-order valence-corrected chi connectivity index (χ2v) is 10.5. The molecule has 8 nitrogen and oxygen atoms in total. The van der Waals surface area contributed by atoms with Crippen LogP contribution in [0.25, 0.3) is 0 Å². The van der Waals surface area contributed by atoms with Crippen LogP contribution in [0, 0.1) is 5.92 Å². The Balaban J connectivity index is 1.57. The second-order valence-electron chi connectivity index (χ2n) is 9.64. The van der Waals surface area contributed by atoms with Gasteiger partial charge in [-0.2, -0.15) is 0 Å². The lowest BCUT2D eigenvalue weighted by atomic mass is 9.95. The van der Waals surface area contributed by atoms with Gasteiger partial charge in [-0.1, -0.05) is 43.1 Å². The smallest absolute Gasteiger partial charge is 0.322 e. The van der Waals surface area contributed by atoms with Crippen LogP contribution in [0.15, 0.2) is 29.5 Å². The molecule has 1 aromatic carbocycles. The third kappa shape index (κ3) is 5.44. The van der Waals surface area contributed by atoms with Gasteiger partial charge in [0.25, 0.3) is 5.91 Å². The van der Waals surface area contributed by atoms with Crippen molar-refractivity contribution >= 4 is 41.0 Å². The largest absolute Gasteiger partial charge is 0.376 e. The molecule has 0 unspecified atom stereocenters. The third-order valence-electron chi connectivity index (χ3n) is 6.60. The van der Waals surface area contributed by atoms with E-state index in [0.29, 0.717) is 46.5 Å². The lowest BCUT2D eigenvalue weighted by Crippen LogP contribution is -2.47. The fraction of sp³-hybridized carbons (Fsp3) is 0.560. The van der Waals surface area contributed by atoms with Crippen LogP contribution < -0.4 is 5.32 Å². The van der Waals surface area contributed by atoms with Gasteiger partial charge in [-0.25, -0.2) is 4.79 Å². The SMILES string of the molecule is CCN1C(=O)N[C@H](c2ccc(Cl)cc2Cl)C2=C1CN(CC(=O)N(CC(C)C)C[C@H]1CCCO1)C2=O. The molecule has 4 rings (SSSR count). The van der Waals surface area contributed by atoms with E-state index in [4.69, 9.17) is 27.9 Å². The highest BCUT2D eigenvalue weighted by molar-refractivity contribution is 6.35. The summed E-state index contributed by atoms with van der Waals surface area (Å²) in [6, 6.07) is 3.97. The summed E-state index contributed by atoms with van der Waals surface area (Å²) in [5, 5.41) is 3.74. The Bertz CT molecular complexity index is 1040. The molecule has 1 fully saturated rings. The van der Waals surface area contributed by atoms with Crippen molar-refractivity contribution in [3.05, 3.63) is 45.1 Å². The maximum Gasteiger partial charge on any atom is 0.322 e. The predicted molar refractivity (Wildman–Crippen MR) is 134 cm³/mol. The molecular formula is C25H32Cl2N4O4. The van der Waals surface area contributed by atoms with E-state index in [1.807, 2.05) is 6.92 Å². The number of hydrogen-bond acceptors (Lipinski definition) is 4. The third-order valence-corrected chi connectivity index (χ3v) is 7.16. The van der Waals surface area contributed by atoms with E-state index < -0.39 is 6.04 Å². The van der Waals surface area contributed by atoms with Crippen molar-refractivity contribution in [2.24, 2.45) is 5.92 Å². The van der Waals surface area contributed by atoms with Crippen molar-refractivity contribution in [2.75, 3.05) is 39.3 Å². The number of urea groups is 1. The molecule has 3 heterocycles. The number of carbonyl (C=O) groups is 3. The molecule has 190 valence electrons. The summed E-state index contributed by atoms with van der Waals surface area (Å²) in [5.41, 5.74) is 1.65. The topological polar surface area (TPSA) is 82.2 Å². The molecule has 0 radical (unpaired) electrons. The highest BCUT2D eigenvalue weighted by atomic mass is 35.5. The summed E-state index contributed by atoms with van der Waals surface area (Å²) in [4.78, 5) is 44.7. The van der Waals surface area contributed by atoms with Gasteiger partial charge in [-0.3, -0.25) is 14.5 Å². The summed E-state index contributed by atoms with van der Waals surface area (Å²) >= 11 is 12.5. The van der Waals surface area contributed by atoms with Gasteiger partial charge in [0, 0.05) is 36.3 Å². The molecule has 35 heavy (non-hydrogen) atoms. The molecule has 0 aromatic heterocycles. The number of hydrogen-bond donors (Lipinski definition) is 1. The van der Waals surface area contributed by atoms with E-state index >= 15 is 0 Å². The lowest BCUT2D eigenvalue weighted by Gasteiger charge is -2.33. The number of benzene rings is 1. The van der Waals surface area contributed by atoms with Gasteiger partial charge >= 0.3 is 6.03 Å². The number of carbonyl (C=O) groups excluding carboxylic acids is 3. The first-order chi connectivity index (χ1) is 16.7. The fourth-order valence-electron chi connectivity index (χ4n) is 5.00. The molecule has 1 N–H and O–H groups in total. The minimum absolute atomic E-state index is 0.0344. The predicted octanol–water partition coefficient (Wildman–Crippen LogP) is 3.84. The van der Waals surface area contributed by atoms with Crippen LogP contribution >= 0.6 is 23.2 Å². The average Bonchev–Trinajstić information content (AvgIpc) is 3.41. The lowest BCUT2D eigenvalue weighted by molar-refractivity contribution is -0.139.